The molecule has 2 aromatic carbocycles. The van der Waals surface area contributed by atoms with Gasteiger partial charge in [0.05, 0.1) is 23.9 Å². The third-order valence-electron chi connectivity index (χ3n) is 6.81. The summed E-state index contributed by atoms with van der Waals surface area (Å²) in [7, 11) is 1.71. The third kappa shape index (κ3) is 9.03. The number of hydrogen-bond donors (Lipinski definition) is 1. The van der Waals surface area contributed by atoms with Crippen LogP contribution in [0.1, 0.15) is 76.0 Å². The number of methoxy groups -OCH3 is 1. The summed E-state index contributed by atoms with van der Waals surface area (Å²) in [6, 6.07) is 17.8. The van der Waals surface area contributed by atoms with Crippen LogP contribution in [0.2, 0.25) is 0 Å². The average molecular weight is 505 g/mol. The Kier molecular flexibility index (Phi) is 10.7. The van der Waals surface area contributed by atoms with Crippen LogP contribution in [0.5, 0.6) is 0 Å². The van der Waals surface area contributed by atoms with Gasteiger partial charge in [-0.15, -0.1) is 0 Å². The largest absolute Gasteiger partial charge is 0.379 e. The van der Waals surface area contributed by atoms with Gasteiger partial charge in [0, 0.05) is 44.7 Å². The zero-order valence-corrected chi connectivity index (χ0v) is 22.6. The van der Waals surface area contributed by atoms with Crippen molar-refractivity contribution in [3.05, 3.63) is 65.2 Å². The summed E-state index contributed by atoms with van der Waals surface area (Å²) in [6.45, 7) is 7.81. The molecule has 1 aliphatic heterocycles. The number of benzene rings is 1. The molecular weight excluding hydrogens is 464 g/mol. The van der Waals surface area contributed by atoms with Crippen molar-refractivity contribution in [1.82, 2.24) is 5.32 Å². The van der Waals surface area contributed by atoms with Crippen molar-refractivity contribution in [2.75, 3.05) is 25.2 Å². The van der Waals surface area contributed by atoms with Crippen molar-refractivity contribution in [1.29, 1.82) is 0 Å². The second kappa shape index (κ2) is 14.0. The first-order valence-corrected chi connectivity index (χ1v) is 13.2. The number of anilines is 1. The molecule has 37 heavy (non-hydrogen) atoms. The molecule has 0 aliphatic carbocycles. The lowest BCUT2D eigenvalue weighted by atomic mass is 10.0. The SMILES string of the molecule is COC(C)(C)CCOC(C)CCNC(=O)CCCCC(=O)N1Cc2ccccc2/C=C\c2cc#ccc21. The quantitative estimate of drug-likeness (QED) is 0.361. The maximum atomic E-state index is 13.3. The molecule has 2 amide bonds. The molecule has 1 heterocycles. The van der Waals surface area contributed by atoms with Crippen LogP contribution in [-0.4, -0.2) is 43.8 Å². The van der Waals surface area contributed by atoms with Crippen molar-refractivity contribution in [2.24, 2.45) is 0 Å². The molecule has 0 fully saturated rings. The van der Waals surface area contributed by atoms with Crippen LogP contribution < -0.4 is 10.2 Å². The van der Waals surface area contributed by atoms with E-state index in [1.807, 2.05) is 56.0 Å². The highest BCUT2D eigenvalue weighted by Gasteiger charge is 2.21. The number of ether oxygens (including phenoxy) is 2. The topological polar surface area (TPSA) is 67.9 Å². The number of amides is 2. The van der Waals surface area contributed by atoms with Crippen LogP contribution in [0.3, 0.4) is 0 Å². The Morgan fingerprint density at radius 2 is 1.81 bits per heavy atom. The Labute approximate surface area is 222 Å². The summed E-state index contributed by atoms with van der Waals surface area (Å²) in [5.41, 5.74) is 3.81. The molecule has 198 valence electrons. The molecule has 0 spiro atoms. The summed E-state index contributed by atoms with van der Waals surface area (Å²) >= 11 is 0. The van der Waals surface area contributed by atoms with Crippen molar-refractivity contribution in [3.63, 3.8) is 0 Å². The molecule has 0 saturated carbocycles. The monoisotopic (exact) mass is 504 g/mol. The summed E-state index contributed by atoms with van der Waals surface area (Å²) < 4.78 is 11.2. The molecule has 1 atom stereocenters. The highest BCUT2D eigenvalue weighted by molar-refractivity contribution is 5.96. The normalized spacial score (nSPS) is 14.4. The Balaban J connectivity index is 1.40. The van der Waals surface area contributed by atoms with Gasteiger partial charge in [-0.05, 0) is 63.6 Å². The number of nitrogens with zero attached hydrogens (tertiary/aromatic N) is 1. The number of fused-ring (bicyclic) bond motifs is 2. The van der Waals surface area contributed by atoms with Gasteiger partial charge in [0.2, 0.25) is 11.8 Å². The predicted molar refractivity (Wildman–Crippen MR) is 148 cm³/mol. The number of hydrogen-bond acceptors (Lipinski definition) is 4. The van der Waals surface area contributed by atoms with Crippen LogP contribution in [0, 0.1) is 12.1 Å². The first-order chi connectivity index (χ1) is 17.8. The van der Waals surface area contributed by atoms with Gasteiger partial charge in [0.15, 0.2) is 0 Å². The van der Waals surface area contributed by atoms with E-state index in [2.05, 4.69) is 35.7 Å². The van der Waals surface area contributed by atoms with Crippen molar-refractivity contribution in [3.8, 4) is 0 Å². The third-order valence-corrected chi connectivity index (χ3v) is 6.81. The lowest BCUT2D eigenvalue weighted by molar-refractivity contribution is -0.122. The van der Waals surface area contributed by atoms with E-state index in [0.29, 0.717) is 45.4 Å². The minimum atomic E-state index is -0.191. The summed E-state index contributed by atoms with van der Waals surface area (Å²) in [5, 5.41) is 2.97. The van der Waals surface area contributed by atoms with Gasteiger partial charge < -0.3 is 19.7 Å². The summed E-state index contributed by atoms with van der Waals surface area (Å²) in [6.07, 6.45) is 7.88. The smallest absolute Gasteiger partial charge is 0.227 e. The van der Waals surface area contributed by atoms with E-state index in [1.54, 1.807) is 7.11 Å². The first-order valence-electron chi connectivity index (χ1n) is 13.2. The van der Waals surface area contributed by atoms with Crippen LogP contribution >= 0.6 is 0 Å². The highest BCUT2D eigenvalue weighted by Crippen LogP contribution is 2.28. The fraction of sp³-hybridized carbons (Fsp3) is 0.484. The molecule has 1 N–H and O–H groups in total. The molecule has 6 nitrogen and oxygen atoms in total. The second-order valence-corrected chi connectivity index (χ2v) is 10.2. The van der Waals surface area contributed by atoms with Gasteiger partial charge in [-0.3, -0.25) is 9.59 Å². The molecule has 1 unspecified atom stereocenters. The van der Waals surface area contributed by atoms with Crippen LogP contribution in [0.4, 0.5) is 5.69 Å². The molecule has 0 bridgehead atoms. The maximum absolute atomic E-state index is 13.3. The van der Waals surface area contributed by atoms with Crippen LogP contribution in [-0.2, 0) is 25.6 Å². The molecule has 1 aliphatic rings. The lowest BCUT2D eigenvalue weighted by Crippen LogP contribution is -2.31. The molecule has 0 aromatic heterocycles. The van der Waals surface area contributed by atoms with E-state index in [9.17, 15) is 9.59 Å². The maximum Gasteiger partial charge on any atom is 0.227 e. The Bertz CT molecular complexity index is 1060. The lowest BCUT2D eigenvalue weighted by Gasteiger charge is -2.26. The zero-order chi connectivity index (χ0) is 26.7. The zero-order valence-electron chi connectivity index (χ0n) is 22.6. The van der Waals surface area contributed by atoms with Gasteiger partial charge in [-0.2, -0.15) is 0 Å². The van der Waals surface area contributed by atoms with E-state index in [4.69, 9.17) is 9.47 Å². The fourth-order valence-electron chi connectivity index (χ4n) is 4.14. The fourth-order valence-corrected chi connectivity index (χ4v) is 4.14. The molecule has 2 aromatic rings. The average Bonchev–Trinajstić information content (AvgIpc) is 2.87. The highest BCUT2D eigenvalue weighted by atomic mass is 16.5. The van der Waals surface area contributed by atoms with Gasteiger partial charge in [0.1, 0.15) is 0 Å². The van der Waals surface area contributed by atoms with E-state index in [-0.39, 0.29) is 23.5 Å². The van der Waals surface area contributed by atoms with Crippen LogP contribution in [0.15, 0.2) is 36.4 Å². The van der Waals surface area contributed by atoms with Crippen LogP contribution in [0.25, 0.3) is 12.2 Å². The molecule has 6 heteroatoms. The number of nitrogens with one attached hydrogen (secondary N) is 1. The number of unbranched alkanes of at least 4 members (excludes halogenated alkanes) is 1. The summed E-state index contributed by atoms with van der Waals surface area (Å²) in [5.74, 6) is 0.0648. The second-order valence-electron chi connectivity index (χ2n) is 10.2. The van der Waals surface area contributed by atoms with E-state index in [0.717, 1.165) is 35.2 Å². The summed E-state index contributed by atoms with van der Waals surface area (Å²) in [4.78, 5) is 27.3. The Morgan fingerprint density at radius 3 is 2.62 bits per heavy atom. The Hall–Kier alpha value is -3.14. The molecule has 3 rings (SSSR count). The number of rotatable bonds is 13. The van der Waals surface area contributed by atoms with E-state index < -0.39 is 0 Å². The van der Waals surface area contributed by atoms with E-state index >= 15 is 0 Å². The van der Waals surface area contributed by atoms with Gasteiger partial charge >= 0.3 is 0 Å². The van der Waals surface area contributed by atoms with Gasteiger partial charge in [0.25, 0.3) is 0 Å². The molecule has 0 saturated heterocycles. The van der Waals surface area contributed by atoms with Crippen molar-refractivity contribution < 1.29 is 19.1 Å². The van der Waals surface area contributed by atoms with Gasteiger partial charge in [-0.1, -0.05) is 48.6 Å². The standard InChI is InChI=1S/C31H40N2O4/c1-24(37-22-20-31(2,3)36-4)19-21-32-29(34)15-9-10-16-30(35)33-23-27-13-6-5-11-25(27)17-18-26-12-7-8-14-28(26)33/h5-6,11-14,17-18,24H,9-10,15-16,19-23H2,1-4H3,(H,32,34)/b18-17-. The van der Waals surface area contributed by atoms with E-state index in [1.165, 1.54) is 0 Å². The van der Waals surface area contributed by atoms with Gasteiger partial charge in [-0.25, -0.2) is 0 Å². The predicted octanol–water partition coefficient (Wildman–Crippen LogP) is 5.59. The minimum Gasteiger partial charge on any atom is -0.379 e. The van der Waals surface area contributed by atoms with Crippen molar-refractivity contribution >= 4 is 29.7 Å². The first kappa shape index (κ1) is 28.4. The minimum absolute atomic E-state index is 0.0148. The van der Waals surface area contributed by atoms with Crippen molar-refractivity contribution in [2.45, 2.75) is 77.5 Å². The number of carbonyl (C=O) groups excluding carboxylic acids is 2. The molecular formula is C31H40N2O4. The Morgan fingerprint density at radius 1 is 1.08 bits per heavy atom. The molecule has 0 radical (unpaired) electrons. The number of carbonyl (C=O) groups is 2.